The van der Waals surface area contributed by atoms with Crippen LogP contribution < -0.4 is 5.56 Å². The summed E-state index contributed by atoms with van der Waals surface area (Å²) < 4.78 is 0. The van der Waals surface area contributed by atoms with Crippen molar-refractivity contribution in [3.63, 3.8) is 0 Å². The number of likely N-dealkylation sites (tertiary alicyclic amines) is 1. The molecule has 3 heterocycles. The molecule has 0 radical (unpaired) electrons. The van der Waals surface area contributed by atoms with Gasteiger partial charge in [-0.25, -0.2) is 4.98 Å². The molecule has 138 valence electrons. The maximum atomic E-state index is 11.5. The Labute approximate surface area is 145 Å². The molecule has 0 bridgehead atoms. The van der Waals surface area contributed by atoms with Gasteiger partial charge in [-0.15, -0.1) is 0 Å². The summed E-state index contributed by atoms with van der Waals surface area (Å²) in [6, 6.07) is 0. The van der Waals surface area contributed by atoms with Crippen LogP contribution >= 0.6 is 0 Å². The lowest BCUT2D eigenvalue weighted by atomic mass is 10.2. The normalized spacial score (nSPS) is 16.4. The molecule has 2 aromatic rings. The fourth-order valence-electron chi connectivity index (χ4n) is 2.32. The highest BCUT2D eigenvalue weighted by atomic mass is 16.3. The minimum Gasteiger partial charge on any atom is -0.392 e. The molecule has 0 aliphatic carbocycles. The Bertz CT molecular complexity index is 606. The summed E-state index contributed by atoms with van der Waals surface area (Å²) in [6.45, 7) is 14.5. The maximum absolute atomic E-state index is 11.5. The molecule has 6 nitrogen and oxygen atoms in total. The molecule has 24 heavy (non-hydrogen) atoms. The van der Waals surface area contributed by atoms with E-state index in [1.165, 1.54) is 12.7 Å². The van der Waals surface area contributed by atoms with Crippen LogP contribution in [0.4, 0.5) is 0 Å². The Morgan fingerprint density at radius 1 is 1.25 bits per heavy atom. The second-order valence-electron chi connectivity index (χ2n) is 5.15. The molecule has 0 spiro atoms. The molecule has 0 aromatic carbocycles. The van der Waals surface area contributed by atoms with E-state index >= 15 is 0 Å². The van der Waals surface area contributed by atoms with E-state index in [4.69, 9.17) is 0 Å². The number of nitrogens with one attached hydrogen (secondary N) is 2. The van der Waals surface area contributed by atoms with Crippen LogP contribution in [0.5, 0.6) is 0 Å². The summed E-state index contributed by atoms with van der Waals surface area (Å²) in [6.07, 6.45) is 5.08. The van der Waals surface area contributed by atoms with Crippen LogP contribution in [-0.2, 0) is 6.54 Å². The van der Waals surface area contributed by atoms with E-state index in [1.54, 1.807) is 0 Å². The molecule has 0 unspecified atom stereocenters. The standard InChI is InChI=1S/C11H14N4O2.C3H8.2C2H6/c16-8-1-2-15(5-8)4-7-3-12-10-9(7)13-6-14-11(10)17;1-3-2;2*1-2/h3,6,8,12,16H,1-2,4-5H2,(H,13,14,17);3H2,1-2H3;2*1-2H3/t8-;;;/m0.../s1. The average Bonchev–Trinajstić information content (AvgIpc) is 3.20. The van der Waals surface area contributed by atoms with Crippen molar-refractivity contribution in [1.82, 2.24) is 19.9 Å². The minimum absolute atomic E-state index is 0.150. The lowest BCUT2D eigenvalue weighted by molar-refractivity contribution is 0.175. The van der Waals surface area contributed by atoms with Crippen LogP contribution in [0.25, 0.3) is 11.0 Å². The second kappa shape index (κ2) is 12.7. The lowest BCUT2D eigenvalue weighted by Gasteiger charge is -2.13. The predicted molar refractivity (Wildman–Crippen MR) is 101 cm³/mol. The van der Waals surface area contributed by atoms with Gasteiger partial charge in [0.1, 0.15) is 5.52 Å². The number of aliphatic hydroxyl groups excluding tert-OH is 1. The molecule has 0 amide bonds. The number of aliphatic hydroxyl groups is 1. The van der Waals surface area contributed by atoms with Gasteiger partial charge in [0.05, 0.1) is 17.9 Å². The highest BCUT2D eigenvalue weighted by Gasteiger charge is 2.21. The molecule has 1 aliphatic rings. The van der Waals surface area contributed by atoms with Crippen LogP contribution in [0.1, 0.15) is 59.9 Å². The van der Waals surface area contributed by atoms with Crippen molar-refractivity contribution in [2.45, 2.75) is 67.0 Å². The van der Waals surface area contributed by atoms with Crippen molar-refractivity contribution in [1.29, 1.82) is 0 Å². The zero-order valence-corrected chi connectivity index (χ0v) is 16.0. The Morgan fingerprint density at radius 3 is 2.42 bits per heavy atom. The first-order chi connectivity index (χ1) is 11.7. The van der Waals surface area contributed by atoms with E-state index in [1.807, 2.05) is 33.9 Å². The van der Waals surface area contributed by atoms with Crippen LogP contribution in [0, 0.1) is 0 Å². The van der Waals surface area contributed by atoms with Gasteiger partial charge in [0.2, 0.25) is 0 Å². The van der Waals surface area contributed by atoms with Gasteiger partial charge in [-0.1, -0.05) is 48.0 Å². The van der Waals surface area contributed by atoms with Gasteiger partial charge in [0.15, 0.2) is 0 Å². The maximum Gasteiger partial charge on any atom is 0.275 e. The third-order valence-corrected chi connectivity index (χ3v) is 3.19. The fourth-order valence-corrected chi connectivity index (χ4v) is 2.32. The molecule has 0 saturated carbocycles. The van der Waals surface area contributed by atoms with Gasteiger partial charge in [0, 0.05) is 31.4 Å². The van der Waals surface area contributed by atoms with Crippen molar-refractivity contribution in [2.75, 3.05) is 13.1 Å². The van der Waals surface area contributed by atoms with E-state index in [2.05, 4.69) is 33.7 Å². The first-order valence-electron chi connectivity index (χ1n) is 9.09. The predicted octanol–water partition coefficient (Wildman–Crippen LogP) is 3.29. The van der Waals surface area contributed by atoms with Gasteiger partial charge in [0.25, 0.3) is 5.56 Å². The number of fused-ring (bicyclic) bond motifs is 1. The number of β-amino-alcohol motifs (C(OH)–C–C–N with tert-alkyl or cyclic N) is 1. The number of hydrogen-bond acceptors (Lipinski definition) is 4. The number of H-pyrrole nitrogens is 2. The summed E-state index contributed by atoms with van der Waals surface area (Å²) in [5.41, 5.74) is 2.08. The molecule has 1 fully saturated rings. The van der Waals surface area contributed by atoms with Gasteiger partial charge in [-0.3, -0.25) is 9.69 Å². The van der Waals surface area contributed by atoms with Crippen LogP contribution in [0.15, 0.2) is 17.3 Å². The Morgan fingerprint density at radius 2 is 1.88 bits per heavy atom. The van der Waals surface area contributed by atoms with Gasteiger partial charge < -0.3 is 15.1 Å². The van der Waals surface area contributed by atoms with E-state index in [0.717, 1.165) is 24.0 Å². The monoisotopic (exact) mass is 338 g/mol. The topological polar surface area (TPSA) is 85.0 Å². The van der Waals surface area contributed by atoms with Crippen molar-refractivity contribution in [3.8, 4) is 0 Å². The highest BCUT2D eigenvalue weighted by molar-refractivity contribution is 5.77. The molecule has 1 saturated heterocycles. The lowest BCUT2D eigenvalue weighted by Crippen LogP contribution is -2.21. The molecule has 1 atom stereocenters. The molecule has 3 N–H and O–H groups in total. The smallest absolute Gasteiger partial charge is 0.275 e. The minimum atomic E-state index is -0.225. The number of aromatic amines is 2. The summed E-state index contributed by atoms with van der Waals surface area (Å²) in [5.74, 6) is 0. The Hall–Kier alpha value is -1.66. The van der Waals surface area contributed by atoms with Crippen LogP contribution in [0.3, 0.4) is 0 Å². The SMILES string of the molecule is CC.CC.CCC.O=c1[nH]cnc2c(CN3CC[C@H](O)C3)c[nH]c12. The third-order valence-electron chi connectivity index (χ3n) is 3.19. The molecular formula is C18H34N4O2. The van der Waals surface area contributed by atoms with Crippen molar-refractivity contribution >= 4 is 11.0 Å². The molecule has 2 aromatic heterocycles. The van der Waals surface area contributed by atoms with Crippen LogP contribution in [0.2, 0.25) is 0 Å². The van der Waals surface area contributed by atoms with E-state index < -0.39 is 0 Å². The first-order valence-corrected chi connectivity index (χ1v) is 9.09. The summed E-state index contributed by atoms with van der Waals surface area (Å²) in [7, 11) is 0. The highest BCUT2D eigenvalue weighted by Crippen LogP contribution is 2.17. The average molecular weight is 338 g/mol. The number of nitrogens with zero attached hydrogens (tertiary/aromatic N) is 2. The van der Waals surface area contributed by atoms with Gasteiger partial charge in [-0.2, -0.15) is 0 Å². The Kier molecular flexibility index (Phi) is 11.8. The van der Waals surface area contributed by atoms with Gasteiger partial charge in [-0.05, 0) is 6.42 Å². The number of hydrogen-bond donors (Lipinski definition) is 3. The molecular weight excluding hydrogens is 304 g/mol. The van der Waals surface area contributed by atoms with Crippen LogP contribution in [-0.4, -0.2) is 44.2 Å². The number of aromatic nitrogens is 3. The molecule has 6 heteroatoms. The summed E-state index contributed by atoms with van der Waals surface area (Å²) in [4.78, 5) is 23.3. The van der Waals surface area contributed by atoms with E-state index in [9.17, 15) is 9.90 Å². The first kappa shape index (κ1) is 22.3. The Balaban J connectivity index is 0.000000667. The second-order valence-corrected chi connectivity index (χ2v) is 5.15. The van der Waals surface area contributed by atoms with Crippen molar-refractivity contribution < 1.29 is 5.11 Å². The van der Waals surface area contributed by atoms with E-state index in [-0.39, 0.29) is 11.7 Å². The van der Waals surface area contributed by atoms with Crippen molar-refractivity contribution in [2.24, 2.45) is 0 Å². The van der Waals surface area contributed by atoms with E-state index in [0.29, 0.717) is 18.6 Å². The zero-order valence-electron chi connectivity index (χ0n) is 16.0. The zero-order chi connectivity index (χ0) is 18.5. The quantitative estimate of drug-likeness (QED) is 0.784. The van der Waals surface area contributed by atoms with Gasteiger partial charge >= 0.3 is 0 Å². The summed E-state index contributed by atoms with van der Waals surface area (Å²) >= 11 is 0. The molecule has 1 aliphatic heterocycles. The summed E-state index contributed by atoms with van der Waals surface area (Å²) in [5, 5.41) is 9.47. The molecule has 3 rings (SSSR count). The number of rotatable bonds is 2. The fraction of sp³-hybridized carbons (Fsp3) is 0.667. The third kappa shape index (κ3) is 6.45. The largest absolute Gasteiger partial charge is 0.392 e. The van der Waals surface area contributed by atoms with Crippen molar-refractivity contribution in [3.05, 3.63) is 28.4 Å².